The molecule has 0 aromatic heterocycles. The van der Waals surface area contributed by atoms with E-state index in [0.717, 1.165) is 37.6 Å². The van der Waals surface area contributed by atoms with Crippen molar-refractivity contribution in [2.24, 2.45) is 27.6 Å². The van der Waals surface area contributed by atoms with Gasteiger partial charge in [-0.15, -0.1) is 0 Å². The van der Waals surface area contributed by atoms with Crippen LogP contribution in [0, 0.1) is 23.2 Å². The molecule has 1 aromatic carbocycles. The second-order valence-electron chi connectivity index (χ2n) is 7.98. The maximum atomic E-state index is 12.6. The summed E-state index contributed by atoms with van der Waals surface area (Å²) in [6.07, 6.45) is 8.08. The molecular formula is C21H24N6O3S. The van der Waals surface area contributed by atoms with Crippen molar-refractivity contribution >= 4 is 33.5 Å². The lowest BCUT2D eigenvalue weighted by atomic mass is 9.84. The average molecular weight is 441 g/mol. The van der Waals surface area contributed by atoms with E-state index in [-0.39, 0.29) is 29.3 Å². The van der Waals surface area contributed by atoms with Gasteiger partial charge in [0.25, 0.3) is 5.91 Å². The number of hydrogen-bond acceptors (Lipinski definition) is 7. The maximum absolute atomic E-state index is 12.6. The predicted octanol–water partition coefficient (Wildman–Crippen LogP) is 1.59. The van der Waals surface area contributed by atoms with Gasteiger partial charge >= 0.3 is 0 Å². The Morgan fingerprint density at radius 1 is 1.35 bits per heavy atom. The number of dihydropyridines is 1. The summed E-state index contributed by atoms with van der Waals surface area (Å²) in [5.41, 5.74) is 10.7. The van der Waals surface area contributed by atoms with Crippen molar-refractivity contribution in [3.8, 4) is 6.07 Å². The van der Waals surface area contributed by atoms with Crippen LogP contribution >= 0.6 is 0 Å². The fourth-order valence-electron chi connectivity index (χ4n) is 4.44. The summed E-state index contributed by atoms with van der Waals surface area (Å²) in [7, 11) is -3.42. The highest BCUT2D eigenvalue weighted by Crippen LogP contribution is 2.36. The number of rotatable bonds is 4. The lowest BCUT2D eigenvalue weighted by Crippen LogP contribution is -2.46. The van der Waals surface area contributed by atoms with E-state index in [0.29, 0.717) is 17.1 Å². The smallest absolute Gasteiger partial charge is 0.262 e. The van der Waals surface area contributed by atoms with Crippen molar-refractivity contribution in [2.45, 2.75) is 43.2 Å². The summed E-state index contributed by atoms with van der Waals surface area (Å²) >= 11 is 0. The van der Waals surface area contributed by atoms with Crippen molar-refractivity contribution < 1.29 is 13.2 Å². The van der Waals surface area contributed by atoms with Gasteiger partial charge in [-0.3, -0.25) is 15.2 Å². The molecule has 3 aliphatic rings. The van der Waals surface area contributed by atoms with Crippen molar-refractivity contribution in [3.05, 3.63) is 35.5 Å². The fourth-order valence-corrected chi connectivity index (χ4v) is 5.38. The molecule has 2 heterocycles. The summed E-state index contributed by atoms with van der Waals surface area (Å²) in [4.78, 5) is 21.3. The zero-order chi connectivity index (χ0) is 22.2. The Labute approximate surface area is 181 Å². The number of carbonyl (C=O) groups excluding carboxylic acids is 1. The number of nitrogens with zero attached hydrogens (tertiary/aromatic N) is 4. The van der Waals surface area contributed by atoms with E-state index in [2.05, 4.69) is 21.5 Å². The molecule has 4 rings (SSSR count). The Bertz CT molecular complexity index is 1150. The Kier molecular flexibility index (Phi) is 5.64. The molecule has 1 amide bonds. The highest BCUT2D eigenvalue weighted by molar-refractivity contribution is 7.90. The first-order valence-electron chi connectivity index (χ1n) is 10.2. The first-order valence-corrected chi connectivity index (χ1v) is 12.1. The van der Waals surface area contributed by atoms with E-state index in [9.17, 15) is 18.5 Å². The normalized spacial score (nSPS) is 26.9. The summed E-state index contributed by atoms with van der Waals surface area (Å²) in [6, 6.07) is 7.02. The highest BCUT2D eigenvalue weighted by atomic mass is 32.2. The number of amidine groups is 1. The molecule has 31 heavy (non-hydrogen) atoms. The molecule has 1 aromatic rings. The number of carbonyl (C=O) groups is 1. The number of nitrogens with two attached hydrogens (primary N) is 1. The van der Waals surface area contributed by atoms with Gasteiger partial charge in [-0.25, -0.2) is 18.4 Å². The second kappa shape index (κ2) is 8.24. The standard InChI is InChI=1S/C21H24N6O3S/c1-31(29,30)18-7-6-15(10-14(18)12-23)25-20-19-17(8-9-24-21(19)28)27(26-20)16-5-3-2-4-13(16)11-22/h6-10,13,16,19H,2-5,12,23H2,1H3,(H,25,26)/t13-,16+,19?/m1/s1. The summed E-state index contributed by atoms with van der Waals surface area (Å²) in [5.74, 6) is -0.746. The van der Waals surface area contributed by atoms with Crippen LogP contribution in [-0.2, 0) is 21.2 Å². The van der Waals surface area contributed by atoms with Gasteiger partial charge in [0.05, 0.1) is 34.3 Å². The highest BCUT2D eigenvalue weighted by Gasteiger charge is 2.45. The second-order valence-corrected chi connectivity index (χ2v) is 9.96. The van der Waals surface area contributed by atoms with E-state index < -0.39 is 15.8 Å². The quantitative estimate of drug-likeness (QED) is 0.724. The van der Waals surface area contributed by atoms with E-state index >= 15 is 0 Å². The zero-order valence-electron chi connectivity index (χ0n) is 17.2. The van der Waals surface area contributed by atoms with Crippen molar-refractivity contribution in [1.82, 2.24) is 10.4 Å². The molecule has 9 nitrogen and oxygen atoms in total. The molecule has 0 bridgehead atoms. The molecule has 1 unspecified atom stereocenters. The van der Waals surface area contributed by atoms with Crippen LogP contribution in [0.4, 0.5) is 5.69 Å². The van der Waals surface area contributed by atoms with E-state index in [1.165, 1.54) is 12.3 Å². The van der Waals surface area contributed by atoms with Crippen LogP contribution in [0.15, 0.2) is 44.9 Å². The van der Waals surface area contributed by atoms with Crippen molar-refractivity contribution in [3.63, 3.8) is 0 Å². The third-order valence-electron chi connectivity index (χ3n) is 5.92. The lowest BCUT2D eigenvalue weighted by Gasteiger charge is -2.36. The Hall–Kier alpha value is -3.03. The molecule has 2 aliphatic heterocycles. The molecule has 0 spiro atoms. The van der Waals surface area contributed by atoms with Gasteiger partial charge in [0.1, 0.15) is 11.8 Å². The molecule has 1 saturated carbocycles. The van der Waals surface area contributed by atoms with Gasteiger partial charge < -0.3 is 5.73 Å². The van der Waals surface area contributed by atoms with Gasteiger partial charge in [-0.1, -0.05) is 12.8 Å². The molecule has 1 saturated heterocycles. The molecule has 10 heteroatoms. The molecule has 0 radical (unpaired) electrons. The van der Waals surface area contributed by atoms with Crippen LogP contribution in [0.5, 0.6) is 0 Å². The minimum Gasteiger partial charge on any atom is -0.326 e. The largest absolute Gasteiger partial charge is 0.326 e. The summed E-state index contributed by atoms with van der Waals surface area (Å²) < 4.78 is 23.9. The number of hydrogen-bond donors (Lipinski definition) is 2. The van der Waals surface area contributed by atoms with Gasteiger partial charge in [-0.2, -0.15) is 5.26 Å². The number of fused-ring (bicyclic) bond motifs is 1. The number of benzene rings is 1. The van der Waals surface area contributed by atoms with Crippen molar-refractivity contribution in [1.29, 1.82) is 5.26 Å². The third-order valence-corrected chi connectivity index (χ3v) is 7.11. The number of nitriles is 1. The molecule has 1 aliphatic carbocycles. The van der Waals surface area contributed by atoms with E-state index in [1.54, 1.807) is 18.2 Å². The van der Waals surface area contributed by atoms with Crippen LogP contribution in [0.25, 0.3) is 0 Å². The SMILES string of the molecule is CS(=O)(=O)c1ccc(N=C2NN([C@H]3CCCC[C@@H]3C#N)C3=CC=NC(=O)C32)cc1CN. The van der Waals surface area contributed by atoms with Crippen LogP contribution in [0.3, 0.4) is 0 Å². The number of hydrazine groups is 1. The van der Waals surface area contributed by atoms with Gasteiger partial charge in [-0.05, 0) is 42.7 Å². The van der Waals surface area contributed by atoms with Crippen molar-refractivity contribution in [2.75, 3.05) is 6.26 Å². The number of allylic oxidation sites excluding steroid dienone is 1. The number of amides is 1. The Morgan fingerprint density at radius 3 is 2.84 bits per heavy atom. The topological polar surface area (TPSA) is 141 Å². The molecule has 2 fully saturated rings. The first-order chi connectivity index (χ1) is 14.8. The lowest BCUT2D eigenvalue weighted by molar-refractivity contribution is -0.119. The summed E-state index contributed by atoms with van der Waals surface area (Å²) in [6.45, 7) is 0.0460. The van der Waals surface area contributed by atoms with Gasteiger partial charge in [0, 0.05) is 19.0 Å². The molecule has 162 valence electrons. The fraction of sp³-hybridized carbons (Fsp3) is 0.429. The molecule has 3 N–H and O–H groups in total. The average Bonchev–Trinajstić information content (AvgIpc) is 3.12. The van der Waals surface area contributed by atoms with Crippen LogP contribution < -0.4 is 11.2 Å². The first kappa shape index (κ1) is 21.2. The van der Waals surface area contributed by atoms with Gasteiger partial charge in [0.15, 0.2) is 9.84 Å². The number of sulfone groups is 1. The Morgan fingerprint density at radius 2 is 2.13 bits per heavy atom. The molecule has 3 atom stereocenters. The predicted molar refractivity (Wildman–Crippen MR) is 116 cm³/mol. The van der Waals surface area contributed by atoms with Crippen LogP contribution in [0.2, 0.25) is 0 Å². The van der Waals surface area contributed by atoms with E-state index in [1.807, 2.05) is 5.01 Å². The number of aliphatic imine (C=N–C) groups is 2. The monoisotopic (exact) mass is 440 g/mol. The maximum Gasteiger partial charge on any atom is 0.262 e. The van der Waals surface area contributed by atoms with Crippen LogP contribution in [0.1, 0.15) is 31.2 Å². The van der Waals surface area contributed by atoms with Crippen LogP contribution in [-0.4, -0.2) is 43.7 Å². The Balaban J connectivity index is 1.73. The third kappa shape index (κ3) is 3.98. The minimum atomic E-state index is -3.42. The van der Waals surface area contributed by atoms with Gasteiger partial charge in [0.2, 0.25) is 0 Å². The molecular weight excluding hydrogens is 416 g/mol. The van der Waals surface area contributed by atoms with E-state index in [4.69, 9.17) is 5.73 Å². The minimum absolute atomic E-state index is 0.0460. The number of nitrogens with one attached hydrogen (secondary N) is 1. The zero-order valence-corrected chi connectivity index (χ0v) is 18.0. The summed E-state index contributed by atoms with van der Waals surface area (Å²) in [5, 5.41) is 11.5.